The van der Waals surface area contributed by atoms with Crippen molar-refractivity contribution in [3.8, 4) is 0 Å². The van der Waals surface area contributed by atoms with E-state index in [1.54, 1.807) is 0 Å². The summed E-state index contributed by atoms with van der Waals surface area (Å²) in [6, 6.07) is 10.2. The van der Waals surface area contributed by atoms with E-state index in [1.165, 1.54) is 9.65 Å². The monoisotopic (exact) mass is 353 g/mol. The molecule has 0 atom stereocenters. The van der Waals surface area contributed by atoms with E-state index in [9.17, 15) is 0 Å². The SMILES string of the molecule is [CH3][Ge]([CH3])[CH2][CH2][Ge]([Cl])([Cl])[c]1ccccc1. The molecule has 0 unspecified atom stereocenters. The maximum absolute atomic E-state index is 6.49. The Morgan fingerprint density at radius 2 is 1.71 bits per heavy atom. The zero-order valence-corrected chi connectivity index (χ0v) is 14.3. The van der Waals surface area contributed by atoms with Crippen LogP contribution in [0.1, 0.15) is 0 Å². The van der Waals surface area contributed by atoms with Gasteiger partial charge in [0.15, 0.2) is 0 Å². The van der Waals surface area contributed by atoms with Crippen LogP contribution < -0.4 is 4.40 Å². The number of hydrogen-bond donors (Lipinski definition) is 0. The van der Waals surface area contributed by atoms with Crippen LogP contribution in [0.25, 0.3) is 0 Å². The third-order valence-corrected chi connectivity index (χ3v) is 15.5. The third-order valence-electron chi connectivity index (χ3n) is 2.14. The van der Waals surface area contributed by atoms with Crippen LogP contribution in [0.5, 0.6) is 0 Å². The Morgan fingerprint density at radius 3 is 2.21 bits per heavy atom. The van der Waals surface area contributed by atoms with Crippen LogP contribution in [0.3, 0.4) is 0 Å². The Morgan fingerprint density at radius 1 is 1.14 bits per heavy atom. The van der Waals surface area contributed by atoms with Crippen molar-refractivity contribution < 1.29 is 0 Å². The molecule has 77 valence electrons. The Labute approximate surface area is 102 Å². The van der Waals surface area contributed by atoms with Crippen LogP contribution in [-0.2, 0) is 0 Å². The van der Waals surface area contributed by atoms with Crippen LogP contribution >= 0.6 is 20.0 Å². The van der Waals surface area contributed by atoms with Gasteiger partial charge in [0.25, 0.3) is 0 Å². The molecular weight excluding hydrogens is 336 g/mol. The van der Waals surface area contributed by atoms with Crippen LogP contribution in [0.2, 0.25) is 22.0 Å². The summed E-state index contributed by atoms with van der Waals surface area (Å²) in [6.45, 7) is 0. The van der Waals surface area contributed by atoms with Crippen molar-refractivity contribution in [2.45, 2.75) is 22.0 Å². The van der Waals surface area contributed by atoms with Gasteiger partial charge >= 0.3 is 103 Å². The van der Waals surface area contributed by atoms with Gasteiger partial charge in [-0.25, -0.2) is 0 Å². The first-order valence-electron chi connectivity index (χ1n) is 4.75. The second-order valence-corrected chi connectivity index (χ2v) is 22.8. The first kappa shape index (κ1) is 13.0. The molecule has 1 rings (SSSR count). The molecule has 0 N–H and O–H groups in total. The molecule has 0 bridgehead atoms. The van der Waals surface area contributed by atoms with Crippen molar-refractivity contribution in [3.05, 3.63) is 30.3 Å². The molecule has 0 aliphatic carbocycles. The molecule has 0 aromatic heterocycles. The predicted molar refractivity (Wildman–Crippen MR) is 70.6 cm³/mol. The second kappa shape index (κ2) is 5.83. The number of benzene rings is 1. The summed E-state index contributed by atoms with van der Waals surface area (Å²) in [5.41, 5.74) is 0. The second-order valence-electron chi connectivity index (χ2n) is 3.78. The van der Waals surface area contributed by atoms with Gasteiger partial charge in [-0.15, -0.1) is 0 Å². The van der Waals surface area contributed by atoms with E-state index < -0.39 is 25.8 Å². The fourth-order valence-corrected chi connectivity index (χ4v) is 20.3. The Kier molecular flexibility index (Phi) is 5.39. The predicted octanol–water partition coefficient (Wildman–Crippen LogP) is 3.57. The van der Waals surface area contributed by atoms with Gasteiger partial charge < -0.3 is 0 Å². The average Bonchev–Trinajstić information content (AvgIpc) is 2.16. The van der Waals surface area contributed by atoms with Gasteiger partial charge in [0.1, 0.15) is 0 Å². The molecule has 14 heavy (non-hydrogen) atoms. The van der Waals surface area contributed by atoms with Crippen LogP contribution in [0.4, 0.5) is 0 Å². The van der Waals surface area contributed by atoms with Crippen molar-refractivity contribution >= 4 is 50.2 Å². The average molecular weight is 351 g/mol. The van der Waals surface area contributed by atoms with Gasteiger partial charge in [-0.3, -0.25) is 0 Å². The van der Waals surface area contributed by atoms with Gasteiger partial charge in [-0.2, -0.15) is 0 Å². The van der Waals surface area contributed by atoms with E-state index >= 15 is 0 Å². The zero-order chi connectivity index (χ0) is 10.6. The first-order valence-corrected chi connectivity index (χ1v) is 18.5. The van der Waals surface area contributed by atoms with Crippen molar-refractivity contribution in [3.63, 3.8) is 0 Å². The summed E-state index contributed by atoms with van der Waals surface area (Å²) >= 11 is -3.42. The summed E-state index contributed by atoms with van der Waals surface area (Å²) in [7, 11) is 13.0. The van der Waals surface area contributed by atoms with Crippen molar-refractivity contribution in [2.24, 2.45) is 0 Å². The molecule has 1 radical (unpaired) electrons. The van der Waals surface area contributed by atoms with Gasteiger partial charge in [0.05, 0.1) is 0 Å². The standard InChI is InChI=1S/C10H15Cl2Ge2/c1-13(2)8-9-14(11,12)10-6-4-3-5-7-10/h3-7H,8-9H2,1-2H3. The number of rotatable bonds is 4. The van der Waals surface area contributed by atoms with Crippen LogP contribution in [0.15, 0.2) is 30.3 Å². The van der Waals surface area contributed by atoms with Gasteiger partial charge in [-0.1, -0.05) is 0 Å². The summed E-state index contributed by atoms with van der Waals surface area (Å²) in [5.74, 6) is 4.74. The van der Waals surface area contributed by atoms with E-state index in [2.05, 4.69) is 23.6 Å². The summed E-state index contributed by atoms with van der Waals surface area (Å²) in [4.78, 5) is 0. The molecule has 0 heterocycles. The molecule has 0 aliphatic rings. The quantitative estimate of drug-likeness (QED) is 0.728. The van der Waals surface area contributed by atoms with Gasteiger partial charge in [-0.05, 0) is 0 Å². The zero-order valence-electron chi connectivity index (χ0n) is 8.56. The van der Waals surface area contributed by atoms with Crippen molar-refractivity contribution in [2.75, 3.05) is 0 Å². The molecule has 0 saturated carbocycles. The maximum atomic E-state index is 6.49. The van der Waals surface area contributed by atoms with E-state index in [0.29, 0.717) is 0 Å². The molecule has 1 aromatic rings. The summed E-state index contributed by atoms with van der Waals surface area (Å²) < 4.78 is 1.20. The topological polar surface area (TPSA) is 0 Å². The Balaban J connectivity index is 2.66. The van der Waals surface area contributed by atoms with Crippen molar-refractivity contribution in [1.82, 2.24) is 0 Å². The van der Waals surface area contributed by atoms with E-state index in [1.807, 2.05) is 18.2 Å². The molecule has 0 amide bonds. The molecule has 0 spiro atoms. The van der Waals surface area contributed by atoms with Crippen molar-refractivity contribution in [1.29, 1.82) is 0 Å². The Bertz CT molecular complexity index is 273. The third kappa shape index (κ3) is 4.17. The molecular formula is C10H15Cl2Ge2. The van der Waals surface area contributed by atoms with Crippen LogP contribution in [0, 0.1) is 0 Å². The summed E-state index contributed by atoms with van der Waals surface area (Å²) in [6.07, 6.45) is 0. The first-order chi connectivity index (χ1) is 6.52. The van der Waals surface area contributed by atoms with Gasteiger partial charge in [0, 0.05) is 0 Å². The Hall–Kier alpha value is 0.886. The fraction of sp³-hybridized carbons (Fsp3) is 0.400. The van der Waals surface area contributed by atoms with Crippen LogP contribution in [-0.4, -0.2) is 25.8 Å². The number of halogens is 2. The van der Waals surface area contributed by atoms with E-state index in [0.717, 1.165) is 5.25 Å². The molecule has 1 aromatic carbocycles. The minimum absolute atomic E-state index is 0.755. The minimum atomic E-state index is -2.67. The normalized spacial score (nSPS) is 12.1. The van der Waals surface area contributed by atoms with E-state index in [-0.39, 0.29) is 0 Å². The summed E-state index contributed by atoms with van der Waals surface area (Å²) in [5, 5.41) is 2.36. The molecule has 0 aliphatic heterocycles. The number of hydrogen-bond acceptors (Lipinski definition) is 0. The van der Waals surface area contributed by atoms with E-state index in [4.69, 9.17) is 20.0 Å². The molecule has 0 fully saturated rings. The van der Waals surface area contributed by atoms with Gasteiger partial charge in [0.2, 0.25) is 0 Å². The molecule has 4 heteroatoms. The molecule has 0 saturated heterocycles. The fourth-order valence-electron chi connectivity index (χ4n) is 1.23. The molecule has 0 nitrogen and oxygen atoms in total.